The van der Waals surface area contributed by atoms with Crippen molar-refractivity contribution in [3.05, 3.63) is 20.5 Å². The molecule has 0 fully saturated rings. The summed E-state index contributed by atoms with van der Waals surface area (Å²) < 4.78 is 3.72. The smallest absolute Gasteiger partial charge is 0.201 e. The van der Waals surface area contributed by atoms with Crippen LogP contribution in [0, 0.1) is 0 Å². The van der Waals surface area contributed by atoms with Crippen LogP contribution in [0.3, 0.4) is 0 Å². The van der Waals surface area contributed by atoms with Crippen LogP contribution in [0.5, 0.6) is 0 Å². The molecule has 14 heavy (non-hydrogen) atoms. The molecule has 2 aromatic heterocycles. The van der Waals surface area contributed by atoms with Crippen LogP contribution in [0.2, 0.25) is 0 Å². The second kappa shape index (κ2) is 3.67. The number of imidazole rings is 1. The fourth-order valence-corrected chi connectivity index (χ4v) is 3.49. The predicted molar refractivity (Wildman–Crippen MR) is 66.3 cm³/mol. The lowest BCUT2D eigenvalue weighted by molar-refractivity contribution is 0.940. The van der Waals surface area contributed by atoms with E-state index >= 15 is 0 Å². The quantitative estimate of drug-likeness (QED) is 0.868. The van der Waals surface area contributed by atoms with Crippen molar-refractivity contribution in [1.29, 1.82) is 0 Å². The molecule has 2 rings (SSSR count). The Morgan fingerprint density at radius 3 is 2.64 bits per heavy atom. The summed E-state index contributed by atoms with van der Waals surface area (Å²) in [7, 11) is 1.90. The summed E-state index contributed by atoms with van der Waals surface area (Å²) >= 11 is 8.46. The molecule has 0 spiro atoms. The Bertz CT molecular complexity index is 475. The molecular weight excluding hydrogens is 330 g/mol. The van der Waals surface area contributed by atoms with Crippen LogP contribution in [0.25, 0.3) is 10.6 Å². The number of nitrogen functional groups attached to an aromatic ring is 1. The molecule has 0 saturated heterocycles. The van der Waals surface area contributed by atoms with Crippen molar-refractivity contribution >= 4 is 49.1 Å². The second-order valence-electron chi connectivity index (χ2n) is 2.80. The van der Waals surface area contributed by atoms with Crippen molar-refractivity contribution in [2.24, 2.45) is 7.05 Å². The molecule has 0 aliphatic heterocycles. The first-order valence-corrected chi connectivity index (χ1v) is 6.28. The Morgan fingerprint density at radius 2 is 2.21 bits per heavy atom. The monoisotopic (exact) mass is 335 g/mol. The molecule has 74 valence electrons. The number of hydrogen-bond acceptors (Lipinski definition) is 3. The molecule has 0 aliphatic rings. The molecule has 0 aliphatic carbocycles. The van der Waals surface area contributed by atoms with Gasteiger partial charge in [0, 0.05) is 16.9 Å². The molecule has 2 N–H and O–H groups in total. The highest BCUT2D eigenvalue weighted by molar-refractivity contribution is 9.10. The molecular formula is C8H7Br2N3S. The lowest BCUT2D eigenvalue weighted by Crippen LogP contribution is -1.97. The lowest BCUT2D eigenvalue weighted by Gasteiger charge is -1.99. The van der Waals surface area contributed by atoms with Crippen molar-refractivity contribution in [1.82, 2.24) is 9.55 Å². The van der Waals surface area contributed by atoms with Gasteiger partial charge < -0.3 is 10.3 Å². The van der Waals surface area contributed by atoms with Gasteiger partial charge in [-0.15, -0.1) is 11.3 Å². The molecule has 0 unspecified atom stereocenters. The highest BCUT2D eigenvalue weighted by atomic mass is 79.9. The first-order valence-electron chi connectivity index (χ1n) is 3.81. The maximum Gasteiger partial charge on any atom is 0.201 e. The number of anilines is 1. The third kappa shape index (κ3) is 1.62. The van der Waals surface area contributed by atoms with Crippen LogP contribution < -0.4 is 5.73 Å². The molecule has 6 heteroatoms. The van der Waals surface area contributed by atoms with E-state index in [9.17, 15) is 0 Å². The standard InChI is InChI=1S/C8H7Br2N3S/c1-13-6(7(10)12-8(13)11)5-2-4(9)3-14-5/h2-3H,1H3,(H2,11,12). The number of nitrogens with zero attached hydrogens (tertiary/aromatic N) is 2. The van der Waals surface area contributed by atoms with Crippen LogP contribution in [-0.2, 0) is 7.05 Å². The molecule has 2 aromatic rings. The highest BCUT2D eigenvalue weighted by Crippen LogP contribution is 2.35. The van der Waals surface area contributed by atoms with Gasteiger partial charge in [0.2, 0.25) is 5.95 Å². The van der Waals surface area contributed by atoms with Gasteiger partial charge in [0.15, 0.2) is 0 Å². The summed E-state index contributed by atoms with van der Waals surface area (Å²) in [5.41, 5.74) is 6.71. The average Bonchev–Trinajstić information content (AvgIpc) is 2.60. The van der Waals surface area contributed by atoms with E-state index in [2.05, 4.69) is 36.8 Å². The van der Waals surface area contributed by atoms with Gasteiger partial charge in [-0.05, 0) is 37.9 Å². The third-order valence-electron chi connectivity index (χ3n) is 1.89. The van der Waals surface area contributed by atoms with Crippen LogP contribution in [0.15, 0.2) is 20.5 Å². The Kier molecular flexibility index (Phi) is 2.68. The Balaban J connectivity index is 2.61. The van der Waals surface area contributed by atoms with Gasteiger partial charge in [-0.1, -0.05) is 0 Å². The Labute approximate surface area is 102 Å². The normalized spacial score (nSPS) is 10.8. The Hall–Kier alpha value is -0.330. The van der Waals surface area contributed by atoms with Crippen molar-refractivity contribution in [3.63, 3.8) is 0 Å². The van der Waals surface area contributed by atoms with Gasteiger partial charge in [0.25, 0.3) is 0 Å². The maximum atomic E-state index is 5.70. The maximum absolute atomic E-state index is 5.70. The van der Waals surface area contributed by atoms with Crippen molar-refractivity contribution in [2.45, 2.75) is 0 Å². The van der Waals surface area contributed by atoms with Crippen molar-refractivity contribution in [3.8, 4) is 10.6 Å². The van der Waals surface area contributed by atoms with E-state index in [1.165, 1.54) is 0 Å². The van der Waals surface area contributed by atoms with E-state index in [4.69, 9.17) is 5.73 Å². The fourth-order valence-electron chi connectivity index (χ4n) is 1.19. The molecule has 0 radical (unpaired) electrons. The van der Waals surface area contributed by atoms with Crippen LogP contribution >= 0.6 is 43.2 Å². The molecule has 3 nitrogen and oxygen atoms in total. The fraction of sp³-hybridized carbons (Fsp3) is 0.125. The summed E-state index contributed by atoms with van der Waals surface area (Å²) in [5.74, 6) is 0.511. The minimum Gasteiger partial charge on any atom is -0.369 e. The zero-order valence-electron chi connectivity index (χ0n) is 7.29. The van der Waals surface area contributed by atoms with Gasteiger partial charge in [-0.3, -0.25) is 0 Å². The van der Waals surface area contributed by atoms with Crippen molar-refractivity contribution < 1.29 is 0 Å². The predicted octanol–water partition coefficient (Wildman–Crippen LogP) is 3.26. The van der Waals surface area contributed by atoms with Crippen LogP contribution in [0.1, 0.15) is 0 Å². The topological polar surface area (TPSA) is 43.8 Å². The molecule has 0 atom stereocenters. The number of aromatic nitrogens is 2. The van der Waals surface area contributed by atoms with Crippen LogP contribution in [0.4, 0.5) is 5.95 Å². The van der Waals surface area contributed by atoms with Gasteiger partial charge in [-0.25, -0.2) is 4.98 Å². The molecule has 0 bridgehead atoms. The van der Waals surface area contributed by atoms with Crippen molar-refractivity contribution in [2.75, 3.05) is 5.73 Å². The van der Waals surface area contributed by atoms with E-state index in [1.807, 2.05) is 23.1 Å². The number of hydrogen-bond donors (Lipinski definition) is 1. The van der Waals surface area contributed by atoms with E-state index in [0.717, 1.165) is 19.6 Å². The molecule has 0 saturated carbocycles. The van der Waals surface area contributed by atoms with Gasteiger partial charge >= 0.3 is 0 Å². The third-order valence-corrected chi connectivity index (χ3v) is 4.14. The summed E-state index contributed by atoms with van der Waals surface area (Å²) in [6.45, 7) is 0. The summed E-state index contributed by atoms with van der Waals surface area (Å²) in [4.78, 5) is 5.28. The zero-order chi connectivity index (χ0) is 10.3. The number of halogens is 2. The van der Waals surface area contributed by atoms with Gasteiger partial charge in [0.1, 0.15) is 4.60 Å². The zero-order valence-corrected chi connectivity index (χ0v) is 11.3. The molecule has 2 heterocycles. The average molecular weight is 337 g/mol. The van der Waals surface area contributed by atoms with E-state index in [0.29, 0.717) is 5.95 Å². The van der Waals surface area contributed by atoms with E-state index in [-0.39, 0.29) is 0 Å². The first kappa shape index (κ1) is 10.2. The van der Waals surface area contributed by atoms with E-state index < -0.39 is 0 Å². The molecule has 0 amide bonds. The van der Waals surface area contributed by atoms with E-state index in [1.54, 1.807) is 11.3 Å². The lowest BCUT2D eigenvalue weighted by atomic mass is 10.4. The van der Waals surface area contributed by atoms with Crippen LogP contribution in [-0.4, -0.2) is 9.55 Å². The minimum absolute atomic E-state index is 0.511. The SMILES string of the molecule is Cn1c(N)nc(Br)c1-c1cc(Br)cs1. The number of rotatable bonds is 1. The summed E-state index contributed by atoms with van der Waals surface area (Å²) in [6, 6.07) is 2.05. The molecule has 0 aromatic carbocycles. The highest BCUT2D eigenvalue weighted by Gasteiger charge is 2.13. The Morgan fingerprint density at radius 1 is 1.50 bits per heavy atom. The summed E-state index contributed by atoms with van der Waals surface area (Å²) in [5, 5.41) is 2.03. The summed E-state index contributed by atoms with van der Waals surface area (Å²) in [6.07, 6.45) is 0. The number of thiophene rings is 1. The van der Waals surface area contributed by atoms with Gasteiger partial charge in [-0.2, -0.15) is 0 Å². The second-order valence-corrected chi connectivity index (χ2v) is 5.38. The first-order chi connectivity index (χ1) is 6.59. The largest absolute Gasteiger partial charge is 0.369 e. The van der Waals surface area contributed by atoms with Gasteiger partial charge in [0.05, 0.1) is 10.6 Å². The number of nitrogens with two attached hydrogens (primary N) is 1. The minimum atomic E-state index is 0.511.